The number of halogens is 3. The van der Waals surface area contributed by atoms with Crippen LogP contribution in [0, 0.1) is 0 Å². The molecular formula is C12H11Cl3N2O. The van der Waals surface area contributed by atoms with Crippen molar-refractivity contribution in [2.24, 2.45) is 0 Å². The van der Waals surface area contributed by atoms with Gasteiger partial charge in [0.1, 0.15) is 0 Å². The van der Waals surface area contributed by atoms with Crippen molar-refractivity contribution in [2.45, 2.75) is 6.92 Å². The largest absolute Gasteiger partial charge is 0.321 e. The predicted octanol–water partition coefficient (Wildman–Crippen LogP) is 3.51. The molecular weight excluding hydrogens is 295 g/mol. The Morgan fingerprint density at radius 3 is 2.33 bits per heavy atom. The standard InChI is InChI=1S/C12H11Cl3N2O/c1-6(7-4-16-5-7)12(18)17-11-3-9(14)8(13)2-10(11)15/h2-3,16H,4-5H2,1H3,(H,17,18). The molecule has 0 atom stereocenters. The Hall–Kier alpha value is -0.740. The van der Waals surface area contributed by atoms with Gasteiger partial charge in [0.15, 0.2) is 0 Å². The third-order valence-electron chi connectivity index (χ3n) is 2.81. The average molecular weight is 306 g/mol. The van der Waals surface area contributed by atoms with Crippen molar-refractivity contribution in [2.75, 3.05) is 18.4 Å². The summed E-state index contributed by atoms with van der Waals surface area (Å²) in [4.78, 5) is 12.0. The van der Waals surface area contributed by atoms with E-state index in [2.05, 4.69) is 10.6 Å². The van der Waals surface area contributed by atoms with Gasteiger partial charge in [0, 0.05) is 18.7 Å². The van der Waals surface area contributed by atoms with Gasteiger partial charge in [-0.2, -0.15) is 0 Å². The van der Waals surface area contributed by atoms with Crippen molar-refractivity contribution in [1.29, 1.82) is 0 Å². The zero-order valence-corrected chi connectivity index (χ0v) is 11.9. The summed E-state index contributed by atoms with van der Waals surface area (Å²) >= 11 is 17.7. The number of nitrogens with one attached hydrogen (secondary N) is 2. The van der Waals surface area contributed by atoms with Crippen LogP contribution in [0.5, 0.6) is 0 Å². The Bertz CT molecular complexity index is 534. The molecule has 18 heavy (non-hydrogen) atoms. The van der Waals surface area contributed by atoms with Gasteiger partial charge in [-0.15, -0.1) is 0 Å². The molecule has 0 radical (unpaired) electrons. The van der Waals surface area contributed by atoms with Crippen molar-refractivity contribution < 1.29 is 4.79 Å². The van der Waals surface area contributed by atoms with Crippen LogP contribution in [0.4, 0.5) is 5.69 Å². The first kappa shape index (κ1) is 13.7. The third-order valence-corrected chi connectivity index (χ3v) is 3.84. The minimum Gasteiger partial charge on any atom is -0.321 e. The van der Waals surface area contributed by atoms with Crippen molar-refractivity contribution in [3.8, 4) is 0 Å². The topological polar surface area (TPSA) is 41.1 Å². The van der Waals surface area contributed by atoms with Crippen LogP contribution in [-0.2, 0) is 4.79 Å². The number of amides is 1. The van der Waals surface area contributed by atoms with Gasteiger partial charge >= 0.3 is 0 Å². The van der Waals surface area contributed by atoms with Crippen LogP contribution < -0.4 is 10.6 Å². The van der Waals surface area contributed by atoms with Crippen LogP contribution in [0.2, 0.25) is 15.1 Å². The molecule has 0 bridgehead atoms. The molecule has 1 heterocycles. The summed E-state index contributed by atoms with van der Waals surface area (Å²) in [6.45, 7) is 3.31. The van der Waals surface area contributed by atoms with E-state index in [0.29, 0.717) is 26.3 Å². The molecule has 2 N–H and O–H groups in total. The minimum absolute atomic E-state index is 0.174. The predicted molar refractivity (Wildman–Crippen MR) is 75.7 cm³/mol. The lowest BCUT2D eigenvalue weighted by atomic mass is 10.0. The van der Waals surface area contributed by atoms with Gasteiger partial charge in [-0.25, -0.2) is 0 Å². The summed E-state index contributed by atoms with van der Waals surface area (Å²) in [5.41, 5.74) is 2.27. The van der Waals surface area contributed by atoms with E-state index in [4.69, 9.17) is 34.8 Å². The summed E-state index contributed by atoms with van der Waals surface area (Å²) in [6, 6.07) is 3.05. The van der Waals surface area contributed by atoms with Gasteiger partial charge in [0.2, 0.25) is 0 Å². The van der Waals surface area contributed by atoms with Crippen molar-refractivity contribution in [3.05, 3.63) is 38.3 Å². The number of carbonyl (C=O) groups excluding carboxylic acids is 1. The molecule has 0 aliphatic carbocycles. The van der Waals surface area contributed by atoms with E-state index in [1.807, 2.05) is 0 Å². The third kappa shape index (κ3) is 2.81. The Morgan fingerprint density at radius 1 is 1.17 bits per heavy atom. The fraction of sp³-hybridized carbons (Fsp3) is 0.250. The first-order valence-electron chi connectivity index (χ1n) is 5.34. The molecule has 0 spiro atoms. The normalized spacial score (nSPS) is 14.1. The summed E-state index contributed by atoms with van der Waals surface area (Å²) < 4.78 is 0. The smallest absolute Gasteiger partial charge is 0.251 e. The first-order chi connectivity index (χ1) is 8.49. The highest BCUT2D eigenvalue weighted by molar-refractivity contribution is 6.44. The minimum atomic E-state index is -0.174. The highest BCUT2D eigenvalue weighted by atomic mass is 35.5. The quantitative estimate of drug-likeness (QED) is 0.648. The highest BCUT2D eigenvalue weighted by Crippen LogP contribution is 2.32. The Morgan fingerprint density at radius 2 is 1.78 bits per heavy atom. The van der Waals surface area contributed by atoms with E-state index in [-0.39, 0.29) is 5.91 Å². The fourth-order valence-corrected chi connectivity index (χ4v) is 2.10. The van der Waals surface area contributed by atoms with Gasteiger partial charge in [0.05, 0.1) is 20.8 Å². The molecule has 0 unspecified atom stereocenters. The highest BCUT2D eigenvalue weighted by Gasteiger charge is 2.17. The van der Waals surface area contributed by atoms with Gasteiger partial charge < -0.3 is 10.6 Å². The maximum absolute atomic E-state index is 12.0. The second-order valence-electron chi connectivity index (χ2n) is 4.03. The fourth-order valence-electron chi connectivity index (χ4n) is 1.51. The molecule has 1 saturated heterocycles. The Kier molecular flexibility index (Phi) is 4.17. The van der Waals surface area contributed by atoms with Crippen LogP contribution in [0.25, 0.3) is 0 Å². The second kappa shape index (κ2) is 5.49. The molecule has 1 fully saturated rings. The number of anilines is 1. The van der Waals surface area contributed by atoms with Crippen molar-refractivity contribution in [1.82, 2.24) is 5.32 Å². The Labute approximate surface area is 120 Å². The molecule has 1 aromatic carbocycles. The maximum atomic E-state index is 12.0. The lowest BCUT2D eigenvalue weighted by Gasteiger charge is -2.21. The van der Waals surface area contributed by atoms with Gasteiger partial charge in [-0.3, -0.25) is 4.79 Å². The molecule has 2 rings (SSSR count). The molecule has 3 nitrogen and oxygen atoms in total. The average Bonchev–Trinajstić information content (AvgIpc) is 2.23. The van der Waals surface area contributed by atoms with E-state index in [1.165, 1.54) is 6.07 Å². The van der Waals surface area contributed by atoms with E-state index in [1.54, 1.807) is 13.0 Å². The molecule has 0 aromatic heterocycles. The number of hydrogen-bond acceptors (Lipinski definition) is 2. The van der Waals surface area contributed by atoms with Crippen LogP contribution in [-0.4, -0.2) is 19.0 Å². The summed E-state index contributed by atoms with van der Waals surface area (Å²) in [7, 11) is 0. The van der Waals surface area contributed by atoms with Crippen LogP contribution in [0.15, 0.2) is 23.3 Å². The molecule has 1 aliphatic rings. The summed E-state index contributed by atoms with van der Waals surface area (Å²) in [5, 5.41) is 6.89. The molecule has 1 amide bonds. The SMILES string of the molecule is CC(C(=O)Nc1cc(Cl)c(Cl)cc1Cl)=C1CNC1. The lowest BCUT2D eigenvalue weighted by molar-refractivity contribution is -0.112. The molecule has 0 saturated carbocycles. The maximum Gasteiger partial charge on any atom is 0.251 e. The second-order valence-corrected chi connectivity index (χ2v) is 5.25. The van der Waals surface area contributed by atoms with Gasteiger partial charge in [-0.1, -0.05) is 34.8 Å². The van der Waals surface area contributed by atoms with E-state index < -0.39 is 0 Å². The van der Waals surface area contributed by atoms with E-state index in [0.717, 1.165) is 18.7 Å². The zero-order chi connectivity index (χ0) is 13.3. The monoisotopic (exact) mass is 304 g/mol. The first-order valence-corrected chi connectivity index (χ1v) is 6.47. The molecule has 96 valence electrons. The Balaban J connectivity index is 2.19. The van der Waals surface area contributed by atoms with Gasteiger partial charge in [0.25, 0.3) is 5.91 Å². The van der Waals surface area contributed by atoms with Crippen molar-refractivity contribution >= 4 is 46.4 Å². The lowest BCUT2D eigenvalue weighted by Crippen LogP contribution is -2.36. The molecule has 6 heteroatoms. The van der Waals surface area contributed by atoms with Gasteiger partial charge in [-0.05, 0) is 24.6 Å². The van der Waals surface area contributed by atoms with E-state index >= 15 is 0 Å². The number of benzene rings is 1. The summed E-state index contributed by atoms with van der Waals surface area (Å²) in [5.74, 6) is -0.174. The number of rotatable bonds is 2. The number of hydrogen-bond donors (Lipinski definition) is 2. The van der Waals surface area contributed by atoms with Crippen LogP contribution in [0.1, 0.15) is 6.92 Å². The number of carbonyl (C=O) groups is 1. The van der Waals surface area contributed by atoms with Crippen LogP contribution >= 0.6 is 34.8 Å². The molecule has 1 aromatic rings. The summed E-state index contributed by atoms with van der Waals surface area (Å²) in [6.07, 6.45) is 0. The zero-order valence-electron chi connectivity index (χ0n) is 9.61. The molecule has 1 aliphatic heterocycles. The van der Waals surface area contributed by atoms with Crippen molar-refractivity contribution in [3.63, 3.8) is 0 Å². The van der Waals surface area contributed by atoms with Crippen LogP contribution in [0.3, 0.4) is 0 Å². The van der Waals surface area contributed by atoms with E-state index in [9.17, 15) is 4.79 Å².